The van der Waals surface area contributed by atoms with Crippen molar-refractivity contribution in [3.63, 3.8) is 0 Å². The summed E-state index contributed by atoms with van der Waals surface area (Å²) in [6.45, 7) is 3.26. The zero-order valence-electron chi connectivity index (χ0n) is 12.0. The molecule has 1 aliphatic carbocycles. The van der Waals surface area contributed by atoms with Gasteiger partial charge in [-0.1, -0.05) is 6.92 Å². The number of hydrogen-bond donors (Lipinski definition) is 1. The highest BCUT2D eigenvalue weighted by Crippen LogP contribution is 2.38. The van der Waals surface area contributed by atoms with E-state index in [-0.39, 0.29) is 0 Å². The molecule has 0 radical (unpaired) electrons. The molecule has 20 heavy (non-hydrogen) atoms. The second-order valence-electron chi connectivity index (χ2n) is 5.31. The molecule has 2 unspecified atom stereocenters. The maximum atomic E-state index is 4.49. The molecule has 106 valence electrons. The van der Waals surface area contributed by atoms with Crippen molar-refractivity contribution in [2.24, 2.45) is 11.8 Å². The van der Waals surface area contributed by atoms with Gasteiger partial charge in [-0.2, -0.15) is 20.1 Å². The minimum Gasteiger partial charge on any atom is -0.357 e. The van der Waals surface area contributed by atoms with Crippen molar-refractivity contribution >= 4 is 11.9 Å². The molecule has 0 aliphatic heterocycles. The average molecular weight is 273 g/mol. The van der Waals surface area contributed by atoms with Crippen LogP contribution in [0.2, 0.25) is 0 Å². The van der Waals surface area contributed by atoms with Gasteiger partial charge in [-0.25, -0.2) is 4.68 Å². The third-order valence-electron chi connectivity index (χ3n) is 3.67. The van der Waals surface area contributed by atoms with Gasteiger partial charge in [0, 0.05) is 33.0 Å². The molecular weight excluding hydrogens is 254 g/mol. The van der Waals surface area contributed by atoms with E-state index in [1.807, 2.05) is 19.3 Å². The van der Waals surface area contributed by atoms with E-state index < -0.39 is 0 Å². The van der Waals surface area contributed by atoms with Crippen LogP contribution in [0.25, 0.3) is 5.95 Å². The predicted molar refractivity (Wildman–Crippen MR) is 77.0 cm³/mol. The van der Waals surface area contributed by atoms with E-state index >= 15 is 0 Å². The average Bonchev–Trinajstić information content (AvgIpc) is 2.96. The summed E-state index contributed by atoms with van der Waals surface area (Å²) in [5.74, 6) is 3.32. The Kier molecular flexibility index (Phi) is 3.25. The first-order valence-corrected chi connectivity index (χ1v) is 6.82. The first kappa shape index (κ1) is 12.8. The van der Waals surface area contributed by atoms with Gasteiger partial charge in [-0.3, -0.25) is 0 Å². The number of anilines is 2. The van der Waals surface area contributed by atoms with Crippen molar-refractivity contribution in [3.05, 3.63) is 18.5 Å². The van der Waals surface area contributed by atoms with E-state index in [2.05, 4.69) is 37.2 Å². The molecule has 2 aromatic rings. The van der Waals surface area contributed by atoms with Gasteiger partial charge in [-0.05, 0) is 24.3 Å². The van der Waals surface area contributed by atoms with Crippen LogP contribution in [-0.4, -0.2) is 45.4 Å². The van der Waals surface area contributed by atoms with Gasteiger partial charge in [0.2, 0.25) is 11.9 Å². The first-order chi connectivity index (χ1) is 9.67. The quantitative estimate of drug-likeness (QED) is 0.882. The molecule has 3 rings (SSSR count). The maximum absolute atomic E-state index is 4.49. The lowest BCUT2D eigenvalue weighted by Gasteiger charge is -2.18. The molecule has 7 nitrogen and oxygen atoms in total. The highest BCUT2D eigenvalue weighted by molar-refractivity contribution is 5.39. The summed E-state index contributed by atoms with van der Waals surface area (Å²) in [5.41, 5.74) is 0. The van der Waals surface area contributed by atoms with Gasteiger partial charge < -0.3 is 10.2 Å². The number of nitrogens with one attached hydrogen (secondary N) is 1. The Balaban J connectivity index is 1.87. The fraction of sp³-hybridized carbons (Fsp3) is 0.538. The van der Waals surface area contributed by atoms with E-state index in [0.29, 0.717) is 17.8 Å². The standard InChI is InChI=1S/C13H19N7/c1-9-7-10(9)8-19(3)12-16-11(14-2)17-13(18-12)20-6-4-5-15-20/h4-6,9-10H,7-8H2,1-3H3,(H,14,16,17,18). The largest absolute Gasteiger partial charge is 0.357 e. The van der Waals surface area contributed by atoms with Gasteiger partial charge in [0.15, 0.2) is 0 Å². The Morgan fingerprint density at radius 2 is 2.20 bits per heavy atom. The summed E-state index contributed by atoms with van der Waals surface area (Å²) in [7, 11) is 3.82. The van der Waals surface area contributed by atoms with Gasteiger partial charge >= 0.3 is 0 Å². The van der Waals surface area contributed by atoms with Crippen molar-refractivity contribution in [2.75, 3.05) is 30.9 Å². The lowest BCUT2D eigenvalue weighted by molar-refractivity contribution is 0.703. The monoisotopic (exact) mass is 273 g/mol. The van der Waals surface area contributed by atoms with Crippen LogP contribution in [0, 0.1) is 11.8 Å². The Bertz CT molecular complexity index is 580. The molecule has 1 fully saturated rings. The van der Waals surface area contributed by atoms with Crippen LogP contribution in [0.3, 0.4) is 0 Å². The van der Waals surface area contributed by atoms with Crippen LogP contribution in [0.4, 0.5) is 11.9 Å². The number of nitrogens with zero attached hydrogens (tertiary/aromatic N) is 6. The second kappa shape index (κ2) is 5.07. The summed E-state index contributed by atoms with van der Waals surface area (Å²) in [6, 6.07) is 1.85. The fourth-order valence-electron chi connectivity index (χ4n) is 2.21. The smallest absolute Gasteiger partial charge is 0.257 e. The molecule has 1 aliphatic rings. The minimum absolute atomic E-state index is 0.528. The Morgan fingerprint density at radius 3 is 2.80 bits per heavy atom. The van der Waals surface area contributed by atoms with Gasteiger partial charge in [-0.15, -0.1) is 0 Å². The Morgan fingerprint density at radius 1 is 1.40 bits per heavy atom. The molecule has 0 bridgehead atoms. The van der Waals surface area contributed by atoms with Gasteiger partial charge in [0.05, 0.1) is 0 Å². The predicted octanol–water partition coefficient (Wildman–Crippen LogP) is 1.19. The molecule has 0 spiro atoms. The summed E-state index contributed by atoms with van der Waals surface area (Å²) in [4.78, 5) is 15.3. The summed E-state index contributed by atoms with van der Waals surface area (Å²) in [6.07, 6.45) is 4.82. The van der Waals surface area contributed by atoms with E-state index in [9.17, 15) is 0 Å². The molecule has 0 aromatic carbocycles. The third-order valence-corrected chi connectivity index (χ3v) is 3.67. The highest BCUT2D eigenvalue weighted by atomic mass is 15.4. The molecule has 7 heteroatoms. The topological polar surface area (TPSA) is 71.8 Å². The fourth-order valence-corrected chi connectivity index (χ4v) is 2.21. The van der Waals surface area contributed by atoms with Crippen LogP contribution in [-0.2, 0) is 0 Å². The summed E-state index contributed by atoms with van der Waals surface area (Å²) < 4.78 is 1.64. The van der Waals surface area contributed by atoms with Crippen molar-refractivity contribution in [1.29, 1.82) is 0 Å². The van der Waals surface area contributed by atoms with Crippen LogP contribution in [0.5, 0.6) is 0 Å². The SMILES string of the molecule is CNc1nc(N(C)CC2CC2C)nc(-n2cccn2)n1. The first-order valence-electron chi connectivity index (χ1n) is 6.82. The van der Waals surface area contributed by atoms with Crippen LogP contribution in [0.1, 0.15) is 13.3 Å². The van der Waals surface area contributed by atoms with Crippen molar-refractivity contribution in [3.8, 4) is 5.95 Å². The number of rotatable bonds is 5. The second-order valence-corrected chi connectivity index (χ2v) is 5.31. The Hall–Kier alpha value is -2.18. The van der Waals surface area contributed by atoms with E-state index in [0.717, 1.165) is 18.4 Å². The Labute approximate surface area is 118 Å². The van der Waals surface area contributed by atoms with Crippen molar-refractivity contribution in [1.82, 2.24) is 24.7 Å². The van der Waals surface area contributed by atoms with E-state index in [1.165, 1.54) is 6.42 Å². The highest BCUT2D eigenvalue weighted by Gasteiger charge is 2.33. The molecule has 2 atom stereocenters. The van der Waals surface area contributed by atoms with Gasteiger partial charge in [0.25, 0.3) is 5.95 Å². The van der Waals surface area contributed by atoms with Crippen LogP contribution >= 0.6 is 0 Å². The number of hydrogen-bond acceptors (Lipinski definition) is 6. The molecule has 1 saturated carbocycles. The van der Waals surface area contributed by atoms with E-state index in [4.69, 9.17) is 0 Å². The summed E-state index contributed by atoms with van der Waals surface area (Å²) >= 11 is 0. The zero-order chi connectivity index (χ0) is 14.1. The molecule has 2 aromatic heterocycles. The molecule has 0 amide bonds. The van der Waals surface area contributed by atoms with E-state index in [1.54, 1.807) is 17.9 Å². The molecule has 1 N–H and O–H groups in total. The van der Waals surface area contributed by atoms with Gasteiger partial charge in [0.1, 0.15) is 0 Å². The molecular formula is C13H19N7. The maximum Gasteiger partial charge on any atom is 0.257 e. The summed E-state index contributed by atoms with van der Waals surface area (Å²) in [5, 5.41) is 7.14. The molecule has 2 heterocycles. The third kappa shape index (κ3) is 2.56. The van der Waals surface area contributed by atoms with Crippen molar-refractivity contribution in [2.45, 2.75) is 13.3 Å². The lowest BCUT2D eigenvalue weighted by atomic mass is 10.3. The van der Waals surface area contributed by atoms with Crippen molar-refractivity contribution < 1.29 is 0 Å². The van der Waals surface area contributed by atoms with Crippen LogP contribution in [0.15, 0.2) is 18.5 Å². The zero-order valence-corrected chi connectivity index (χ0v) is 12.0. The number of aromatic nitrogens is 5. The van der Waals surface area contributed by atoms with Crippen LogP contribution < -0.4 is 10.2 Å². The molecule has 0 saturated heterocycles. The lowest BCUT2D eigenvalue weighted by Crippen LogP contribution is -2.24. The minimum atomic E-state index is 0.528. The normalized spacial score (nSPS) is 20.8.